The van der Waals surface area contributed by atoms with Crippen molar-refractivity contribution in [2.24, 2.45) is 0 Å². The monoisotopic (exact) mass is 428 g/mol. The number of carbonyl (C=O) groups excluding carboxylic acids is 2. The van der Waals surface area contributed by atoms with Gasteiger partial charge in [0, 0.05) is 9.13 Å². The number of halogens is 2. The molecule has 1 heterocycles. The van der Waals surface area contributed by atoms with Gasteiger partial charge in [-0.05, 0) is 59.0 Å². The fourth-order valence-electron chi connectivity index (χ4n) is 1.96. The molecule has 0 spiro atoms. The van der Waals surface area contributed by atoms with Crippen LogP contribution in [0.1, 0.15) is 20.7 Å². The molecule has 1 aliphatic rings. The normalized spacial score (nSPS) is 11.9. The Kier molecular flexibility index (Phi) is 4.33. The van der Waals surface area contributed by atoms with Crippen molar-refractivity contribution in [1.82, 2.24) is 10.9 Å². The Morgan fingerprint density at radius 1 is 1.00 bits per heavy atom. The zero-order valence-electron chi connectivity index (χ0n) is 11.6. The molecule has 3 rings (SSSR count). The second kappa shape index (κ2) is 6.41. The molecule has 0 bridgehead atoms. The van der Waals surface area contributed by atoms with E-state index in [1.807, 2.05) is 22.6 Å². The molecule has 0 unspecified atom stereocenters. The average Bonchev–Trinajstić information content (AvgIpc) is 2.99. The van der Waals surface area contributed by atoms with Crippen LogP contribution in [-0.2, 0) is 0 Å². The molecule has 0 radical (unpaired) electrons. The molecule has 0 atom stereocenters. The predicted octanol–water partition coefficient (Wildman–Crippen LogP) is 2.23. The lowest BCUT2D eigenvalue weighted by molar-refractivity contribution is 0.0846. The molecule has 6 nitrogen and oxygen atoms in total. The van der Waals surface area contributed by atoms with Gasteiger partial charge in [-0.3, -0.25) is 20.4 Å². The van der Waals surface area contributed by atoms with Gasteiger partial charge in [0.05, 0.1) is 5.56 Å². The number of benzene rings is 2. The summed E-state index contributed by atoms with van der Waals surface area (Å²) in [6.45, 7) is 0.111. The lowest BCUT2D eigenvalue weighted by Crippen LogP contribution is -2.41. The molecule has 0 fully saturated rings. The number of rotatable bonds is 2. The minimum absolute atomic E-state index is 0.111. The molecule has 118 valence electrons. The van der Waals surface area contributed by atoms with Crippen LogP contribution in [0.2, 0.25) is 0 Å². The Morgan fingerprint density at radius 3 is 2.52 bits per heavy atom. The van der Waals surface area contributed by atoms with Crippen molar-refractivity contribution in [3.63, 3.8) is 0 Å². The number of amides is 2. The van der Waals surface area contributed by atoms with Crippen molar-refractivity contribution in [3.8, 4) is 11.5 Å². The second-order valence-electron chi connectivity index (χ2n) is 4.60. The lowest BCUT2D eigenvalue weighted by Gasteiger charge is -2.09. The maximum atomic E-state index is 13.0. The van der Waals surface area contributed by atoms with Gasteiger partial charge in [-0.1, -0.05) is 0 Å². The summed E-state index contributed by atoms with van der Waals surface area (Å²) in [6, 6.07) is 8.44. The minimum atomic E-state index is -0.538. The van der Waals surface area contributed by atoms with E-state index in [9.17, 15) is 14.0 Å². The number of nitrogens with one attached hydrogen (secondary N) is 2. The highest BCUT2D eigenvalue weighted by molar-refractivity contribution is 14.1. The molecule has 2 amide bonds. The van der Waals surface area contributed by atoms with Crippen molar-refractivity contribution < 1.29 is 23.5 Å². The summed E-state index contributed by atoms with van der Waals surface area (Å²) >= 11 is 1.85. The summed E-state index contributed by atoms with van der Waals surface area (Å²) in [5, 5.41) is 0. The first kappa shape index (κ1) is 15.5. The van der Waals surface area contributed by atoms with Gasteiger partial charge in [0.2, 0.25) is 6.79 Å². The Labute approximate surface area is 144 Å². The van der Waals surface area contributed by atoms with Gasteiger partial charge in [-0.15, -0.1) is 0 Å². The van der Waals surface area contributed by atoms with E-state index < -0.39 is 17.6 Å². The molecule has 8 heteroatoms. The minimum Gasteiger partial charge on any atom is -0.454 e. The Morgan fingerprint density at radius 2 is 1.74 bits per heavy atom. The van der Waals surface area contributed by atoms with Crippen LogP contribution in [0.15, 0.2) is 36.4 Å². The molecular weight excluding hydrogens is 418 g/mol. The number of ether oxygens (including phenoxy) is 2. The number of hydrogen-bond acceptors (Lipinski definition) is 4. The summed E-state index contributed by atoms with van der Waals surface area (Å²) in [5.74, 6) is -0.448. The third-order valence-electron chi connectivity index (χ3n) is 3.10. The number of fused-ring (bicyclic) bond motifs is 1. The van der Waals surface area contributed by atoms with Crippen LogP contribution in [0.4, 0.5) is 4.39 Å². The molecule has 0 saturated heterocycles. The number of hydrazine groups is 1. The van der Waals surface area contributed by atoms with Crippen molar-refractivity contribution in [3.05, 3.63) is 56.9 Å². The highest BCUT2D eigenvalue weighted by atomic mass is 127. The lowest BCUT2D eigenvalue weighted by atomic mass is 10.2. The van der Waals surface area contributed by atoms with E-state index in [1.54, 1.807) is 12.1 Å². The van der Waals surface area contributed by atoms with E-state index in [0.29, 0.717) is 20.6 Å². The van der Waals surface area contributed by atoms with Gasteiger partial charge in [0.25, 0.3) is 11.8 Å². The number of hydrogen-bond donors (Lipinski definition) is 2. The van der Waals surface area contributed by atoms with Crippen LogP contribution in [0.5, 0.6) is 11.5 Å². The van der Waals surface area contributed by atoms with Gasteiger partial charge in [0.1, 0.15) is 5.82 Å². The molecule has 0 aliphatic carbocycles. The van der Waals surface area contributed by atoms with Crippen LogP contribution in [-0.4, -0.2) is 18.6 Å². The molecule has 2 N–H and O–H groups in total. The zero-order valence-corrected chi connectivity index (χ0v) is 13.7. The first-order valence-corrected chi connectivity index (χ1v) is 7.58. The quantitative estimate of drug-likeness (QED) is 0.569. The maximum Gasteiger partial charge on any atom is 0.270 e. The summed E-state index contributed by atoms with van der Waals surface area (Å²) in [7, 11) is 0. The van der Waals surface area contributed by atoms with Crippen LogP contribution >= 0.6 is 22.6 Å². The molecule has 1 aliphatic heterocycles. The van der Waals surface area contributed by atoms with Crippen LogP contribution in [0.3, 0.4) is 0 Å². The van der Waals surface area contributed by atoms with Gasteiger partial charge in [-0.25, -0.2) is 4.39 Å². The first-order chi connectivity index (χ1) is 11.0. The van der Waals surface area contributed by atoms with Gasteiger partial charge in [-0.2, -0.15) is 0 Å². The number of carbonyl (C=O) groups is 2. The second-order valence-corrected chi connectivity index (χ2v) is 5.76. The van der Waals surface area contributed by atoms with E-state index in [4.69, 9.17) is 9.47 Å². The van der Waals surface area contributed by atoms with Crippen molar-refractivity contribution in [1.29, 1.82) is 0 Å². The molecule has 2 aromatic rings. The fraction of sp³-hybridized carbons (Fsp3) is 0.0667. The zero-order chi connectivity index (χ0) is 16.4. The molecular formula is C15H10FIN2O4. The van der Waals surface area contributed by atoms with Gasteiger partial charge in [0.15, 0.2) is 11.5 Å². The highest BCUT2D eigenvalue weighted by Crippen LogP contribution is 2.32. The van der Waals surface area contributed by atoms with Crippen LogP contribution in [0, 0.1) is 9.39 Å². The van der Waals surface area contributed by atoms with Gasteiger partial charge < -0.3 is 9.47 Å². The highest BCUT2D eigenvalue weighted by Gasteiger charge is 2.17. The van der Waals surface area contributed by atoms with E-state index >= 15 is 0 Å². The Bertz CT molecular complexity index is 797. The standard InChI is InChI=1S/C15H10FIN2O4/c16-9-2-3-10(11(17)6-9)15(21)19-18-14(20)8-1-4-12-13(5-8)23-7-22-12/h1-6H,7H2,(H,18,20)(H,19,21). The summed E-state index contributed by atoms with van der Waals surface area (Å²) < 4.78 is 23.8. The third kappa shape index (κ3) is 3.36. The van der Waals surface area contributed by atoms with E-state index in [2.05, 4.69) is 10.9 Å². The van der Waals surface area contributed by atoms with Crippen molar-refractivity contribution in [2.75, 3.05) is 6.79 Å². The maximum absolute atomic E-state index is 13.0. The average molecular weight is 428 g/mol. The first-order valence-electron chi connectivity index (χ1n) is 6.50. The third-order valence-corrected chi connectivity index (χ3v) is 3.99. The van der Waals surface area contributed by atoms with Crippen molar-refractivity contribution in [2.45, 2.75) is 0 Å². The van der Waals surface area contributed by atoms with Gasteiger partial charge >= 0.3 is 0 Å². The summed E-state index contributed by atoms with van der Waals surface area (Å²) in [5.41, 5.74) is 5.16. The van der Waals surface area contributed by atoms with Crippen LogP contribution in [0.25, 0.3) is 0 Å². The Balaban J connectivity index is 1.65. The van der Waals surface area contributed by atoms with E-state index in [1.165, 1.54) is 24.3 Å². The van der Waals surface area contributed by atoms with E-state index in [-0.39, 0.29) is 12.4 Å². The smallest absolute Gasteiger partial charge is 0.270 e. The summed E-state index contributed by atoms with van der Waals surface area (Å²) in [6.07, 6.45) is 0. The summed E-state index contributed by atoms with van der Waals surface area (Å²) in [4.78, 5) is 24.0. The largest absolute Gasteiger partial charge is 0.454 e. The molecule has 0 aromatic heterocycles. The van der Waals surface area contributed by atoms with Crippen LogP contribution < -0.4 is 20.3 Å². The predicted molar refractivity (Wildman–Crippen MR) is 86.6 cm³/mol. The molecule has 2 aromatic carbocycles. The Hall–Kier alpha value is -2.36. The van der Waals surface area contributed by atoms with Crippen molar-refractivity contribution >= 4 is 34.4 Å². The van der Waals surface area contributed by atoms with E-state index in [0.717, 1.165) is 0 Å². The topological polar surface area (TPSA) is 76.7 Å². The molecule has 23 heavy (non-hydrogen) atoms. The molecule has 0 saturated carbocycles. The SMILES string of the molecule is O=C(NNC(=O)c1ccc(F)cc1I)c1ccc2c(c1)OCO2. The fourth-order valence-corrected chi connectivity index (χ4v) is 2.69.